The molecule has 0 bridgehead atoms. The first-order chi connectivity index (χ1) is 14.6. The lowest BCUT2D eigenvalue weighted by Gasteiger charge is -2.34. The molecular formula is C23H23N5OS. The van der Waals surface area contributed by atoms with Crippen LogP contribution in [0.1, 0.15) is 28.0 Å². The minimum Gasteiger partial charge on any atom is -0.353 e. The molecule has 5 rings (SSSR count). The smallest absolute Gasteiger partial charge is 0.242 e. The van der Waals surface area contributed by atoms with Crippen LogP contribution >= 0.6 is 11.3 Å². The zero-order valence-corrected chi connectivity index (χ0v) is 17.8. The summed E-state index contributed by atoms with van der Waals surface area (Å²) >= 11 is 1.69. The predicted octanol–water partition coefficient (Wildman–Crippen LogP) is 3.77. The molecule has 0 unspecified atom stereocenters. The molecule has 2 aromatic heterocycles. The number of aryl methyl sites for hydroxylation is 1. The summed E-state index contributed by atoms with van der Waals surface area (Å²) in [6.07, 6.45) is 0. The Hall–Kier alpha value is -3.03. The fraction of sp³-hybridized carbons (Fsp3) is 0.261. The van der Waals surface area contributed by atoms with Gasteiger partial charge < -0.3 is 5.32 Å². The number of rotatable bonds is 4. The van der Waals surface area contributed by atoms with Gasteiger partial charge in [-0.3, -0.25) is 9.69 Å². The predicted molar refractivity (Wildman–Crippen MR) is 119 cm³/mol. The van der Waals surface area contributed by atoms with Gasteiger partial charge in [-0.05, 0) is 38.1 Å². The van der Waals surface area contributed by atoms with Crippen LogP contribution in [0.5, 0.6) is 0 Å². The third-order valence-corrected chi connectivity index (χ3v) is 6.63. The number of benzene rings is 2. The average molecular weight is 418 g/mol. The summed E-state index contributed by atoms with van der Waals surface area (Å²) < 4.78 is 3.11. The normalized spacial score (nSPS) is 17.4. The fourth-order valence-electron chi connectivity index (χ4n) is 4.23. The lowest BCUT2D eigenvalue weighted by molar-refractivity contribution is -0.129. The van der Waals surface area contributed by atoms with E-state index in [1.54, 1.807) is 11.3 Å². The SMILES string of the molecule is Cc1nn(-c2ccccc2)c(C)c1[C@@H]1C(=O)NCCN1Cc1nc2ccccc2s1. The molecule has 1 fully saturated rings. The van der Waals surface area contributed by atoms with Crippen molar-refractivity contribution in [2.24, 2.45) is 0 Å². The van der Waals surface area contributed by atoms with Crippen LogP contribution in [0.2, 0.25) is 0 Å². The van der Waals surface area contributed by atoms with E-state index in [0.717, 1.165) is 39.7 Å². The highest BCUT2D eigenvalue weighted by Gasteiger charge is 2.35. The third-order valence-electron chi connectivity index (χ3n) is 5.61. The van der Waals surface area contributed by atoms with E-state index in [4.69, 9.17) is 10.1 Å². The Balaban J connectivity index is 1.52. The van der Waals surface area contributed by atoms with Crippen LogP contribution in [-0.2, 0) is 11.3 Å². The number of piperazine rings is 1. The largest absolute Gasteiger partial charge is 0.353 e. The Morgan fingerprint density at radius 2 is 1.87 bits per heavy atom. The summed E-state index contributed by atoms with van der Waals surface area (Å²) in [6, 6.07) is 17.8. The molecular weight excluding hydrogens is 394 g/mol. The van der Waals surface area contributed by atoms with Gasteiger partial charge in [0, 0.05) is 24.3 Å². The van der Waals surface area contributed by atoms with E-state index in [9.17, 15) is 4.79 Å². The van der Waals surface area contributed by atoms with E-state index >= 15 is 0 Å². The molecule has 1 atom stereocenters. The molecule has 4 aromatic rings. The van der Waals surface area contributed by atoms with Crippen molar-refractivity contribution in [1.82, 2.24) is 25.0 Å². The molecule has 2 aromatic carbocycles. The molecule has 1 N–H and O–H groups in total. The van der Waals surface area contributed by atoms with Gasteiger partial charge in [0.15, 0.2) is 0 Å². The fourth-order valence-corrected chi connectivity index (χ4v) is 5.22. The highest BCUT2D eigenvalue weighted by atomic mass is 32.1. The second-order valence-corrected chi connectivity index (χ2v) is 8.69. The highest BCUT2D eigenvalue weighted by Crippen LogP contribution is 2.32. The number of hydrogen-bond donors (Lipinski definition) is 1. The van der Waals surface area contributed by atoms with Crippen LogP contribution in [-0.4, -0.2) is 38.7 Å². The van der Waals surface area contributed by atoms with E-state index in [2.05, 4.69) is 16.3 Å². The summed E-state index contributed by atoms with van der Waals surface area (Å²) in [6.45, 7) is 6.10. The van der Waals surface area contributed by atoms with Crippen molar-refractivity contribution in [2.45, 2.75) is 26.4 Å². The summed E-state index contributed by atoms with van der Waals surface area (Å²) in [5, 5.41) is 8.83. The minimum absolute atomic E-state index is 0.0289. The van der Waals surface area contributed by atoms with Crippen LogP contribution in [0, 0.1) is 13.8 Å². The van der Waals surface area contributed by atoms with Gasteiger partial charge in [0.2, 0.25) is 5.91 Å². The number of fused-ring (bicyclic) bond motifs is 1. The van der Waals surface area contributed by atoms with E-state index < -0.39 is 0 Å². The molecule has 1 amide bonds. The van der Waals surface area contributed by atoms with Crippen molar-refractivity contribution in [3.63, 3.8) is 0 Å². The minimum atomic E-state index is -0.372. The average Bonchev–Trinajstić information content (AvgIpc) is 3.29. The molecule has 0 spiro atoms. The van der Waals surface area contributed by atoms with Crippen LogP contribution in [0.4, 0.5) is 0 Å². The van der Waals surface area contributed by atoms with Crippen LogP contribution in [0.15, 0.2) is 54.6 Å². The van der Waals surface area contributed by atoms with E-state index in [0.29, 0.717) is 13.1 Å². The summed E-state index contributed by atoms with van der Waals surface area (Å²) in [4.78, 5) is 20.0. The summed E-state index contributed by atoms with van der Waals surface area (Å²) in [5.41, 5.74) is 4.87. The Kier molecular flexibility index (Phi) is 4.84. The Bertz CT molecular complexity index is 1180. The lowest BCUT2D eigenvalue weighted by atomic mass is 10.0. The molecule has 30 heavy (non-hydrogen) atoms. The van der Waals surface area contributed by atoms with Crippen molar-refractivity contribution in [3.8, 4) is 5.69 Å². The number of hydrogen-bond acceptors (Lipinski definition) is 5. The molecule has 1 aliphatic heterocycles. The van der Waals surface area contributed by atoms with Crippen LogP contribution < -0.4 is 5.32 Å². The van der Waals surface area contributed by atoms with Crippen LogP contribution in [0.3, 0.4) is 0 Å². The number of para-hydroxylation sites is 2. The first-order valence-corrected chi connectivity index (χ1v) is 10.9. The summed E-state index contributed by atoms with van der Waals surface area (Å²) in [7, 11) is 0. The number of nitrogens with zero attached hydrogens (tertiary/aromatic N) is 4. The maximum Gasteiger partial charge on any atom is 0.242 e. The van der Waals surface area contributed by atoms with Gasteiger partial charge >= 0.3 is 0 Å². The van der Waals surface area contributed by atoms with Crippen molar-refractivity contribution in [1.29, 1.82) is 0 Å². The first kappa shape index (κ1) is 19.0. The van der Waals surface area contributed by atoms with Crippen molar-refractivity contribution in [2.75, 3.05) is 13.1 Å². The van der Waals surface area contributed by atoms with E-state index in [-0.39, 0.29) is 11.9 Å². The monoisotopic (exact) mass is 417 g/mol. The van der Waals surface area contributed by atoms with Crippen molar-refractivity contribution in [3.05, 3.63) is 76.6 Å². The van der Waals surface area contributed by atoms with E-state index in [1.807, 2.05) is 67.1 Å². The zero-order valence-electron chi connectivity index (χ0n) is 17.0. The Morgan fingerprint density at radius 1 is 1.10 bits per heavy atom. The van der Waals surface area contributed by atoms with Gasteiger partial charge in [0.1, 0.15) is 11.0 Å². The second-order valence-electron chi connectivity index (χ2n) is 7.57. The number of carbonyl (C=O) groups excluding carboxylic acids is 1. The molecule has 152 valence electrons. The summed E-state index contributed by atoms with van der Waals surface area (Å²) in [5.74, 6) is 0.0289. The number of amides is 1. The number of thiazole rings is 1. The molecule has 0 saturated carbocycles. The molecule has 1 saturated heterocycles. The number of nitrogens with one attached hydrogen (secondary N) is 1. The van der Waals surface area contributed by atoms with E-state index in [1.165, 1.54) is 4.70 Å². The molecule has 6 nitrogen and oxygen atoms in total. The molecule has 3 heterocycles. The van der Waals surface area contributed by atoms with Gasteiger partial charge in [-0.25, -0.2) is 9.67 Å². The zero-order chi connectivity index (χ0) is 20.7. The van der Waals surface area contributed by atoms with Gasteiger partial charge in [-0.1, -0.05) is 30.3 Å². The van der Waals surface area contributed by atoms with Crippen molar-refractivity contribution < 1.29 is 4.79 Å². The molecule has 0 aliphatic carbocycles. The molecule has 7 heteroatoms. The van der Waals surface area contributed by atoms with Gasteiger partial charge in [0.25, 0.3) is 0 Å². The first-order valence-electron chi connectivity index (χ1n) is 10.1. The maximum atomic E-state index is 13.0. The molecule has 1 aliphatic rings. The third kappa shape index (κ3) is 3.30. The topological polar surface area (TPSA) is 63.1 Å². The quantitative estimate of drug-likeness (QED) is 0.549. The van der Waals surface area contributed by atoms with Crippen molar-refractivity contribution >= 4 is 27.5 Å². The maximum absolute atomic E-state index is 13.0. The van der Waals surface area contributed by atoms with Crippen LogP contribution in [0.25, 0.3) is 15.9 Å². The number of carbonyl (C=O) groups is 1. The molecule has 0 radical (unpaired) electrons. The highest BCUT2D eigenvalue weighted by molar-refractivity contribution is 7.18. The Labute approximate surface area is 179 Å². The Morgan fingerprint density at radius 3 is 2.67 bits per heavy atom. The number of aromatic nitrogens is 3. The van der Waals surface area contributed by atoms with Gasteiger partial charge in [-0.15, -0.1) is 11.3 Å². The standard InChI is InChI=1S/C23H23N5OS/c1-15-21(16(2)28(26-15)17-8-4-3-5-9-17)22-23(29)24-12-13-27(22)14-20-25-18-10-6-7-11-19(18)30-20/h3-11,22H,12-14H2,1-2H3,(H,24,29)/t22-/m1/s1. The lowest BCUT2D eigenvalue weighted by Crippen LogP contribution is -2.49. The second kappa shape index (κ2) is 7.66. The van der Waals surface area contributed by atoms with Gasteiger partial charge in [0.05, 0.1) is 28.1 Å². The van der Waals surface area contributed by atoms with Gasteiger partial charge in [-0.2, -0.15) is 5.10 Å².